The predicted octanol–water partition coefficient (Wildman–Crippen LogP) is 2.94. The van der Waals surface area contributed by atoms with Crippen molar-refractivity contribution >= 4 is 39.6 Å². The van der Waals surface area contributed by atoms with Crippen molar-refractivity contribution in [2.24, 2.45) is 0 Å². The molecule has 0 atom stereocenters. The second-order valence-corrected chi connectivity index (χ2v) is 6.73. The van der Waals surface area contributed by atoms with Crippen molar-refractivity contribution in [3.63, 3.8) is 0 Å². The molecule has 0 radical (unpaired) electrons. The van der Waals surface area contributed by atoms with E-state index in [1.54, 1.807) is 6.20 Å². The molecule has 6 nitrogen and oxygen atoms in total. The van der Waals surface area contributed by atoms with Crippen LogP contribution in [-0.2, 0) is 10.3 Å². The fourth-order valence-electron chi connectivity index (χ4n) is 1.70. The summed E-state index contributed by atoms with van der Waals surface area (Å²) < 4.78 is 4.66. The lowest BCUT2D eigenvalue weighted by Crippen LogP contribution is -2.27. The van der Waals surface area contributed by atoms with Gasteiger partial charge in [-0.1, -0.05) is 11.3 Å². The third-order valence-corrected chi connectivity index (χ3v) is 4.88. The first kappa shape index (κ1) is 15.6. The molecule has 0 aliphatic rings. The molecule has 0 fully saturated rings. The molecule has 1 N–H and O–H groups in total. The van der Waals surface area contributed by atoms with Crippen LogP contribution < -0.4 is 5.32 Å². The zero-order valence-electron chi connectivity index (χ0n) is 12.1. The molecule has 112 valence electrons. The number of ether oxygens (including phenoxy) is 1. The maximum absolute atomic E-state index is 11.7. The van der Waals surface area contributed by atoms with E-state index in [0.29, 0.717) is 10.0 Å². The summed E-state index contributed by atoms with van der Waals surface area (Å²) in [6.45, 7) is 5.31. The van der Waals surface area contributed by atoms with E-state index in [-0.39, 0.29) is 11.5 Å². The van der Waals surface area contributed by atoms with E-state index >= 15 is 0 Å². The first-order valence-electron chi connectivity index (χ1n) is 6.13. The number of thiazole rings is 2. The number of aromatic nitrogens is 2. The van der Waals surface area contributed by atoms with Gasteiger partial charge in [0.15, 0.2) is 16.6 Å². The van der Waals surface area contributed by atoms with Crippen molar-refractivity contribution in [3.05, 3.63) is 27.2 Å². The summed E-state index contributed by atoms with van der Waals surface area (Å²) in [6, 6.07) is 0. The Morgan fingerprint density at radius 1 is 1.38 bits per heavy atom. The van der Waals surface area contributed by atoms with Crippen molar-refractivity contribution < 1.29 is 14.3 Å². The van der Waals surface area contributed by atoms with Gasteiger partial charge in [0.05, 0.1) is 12.6 Å². The number of hydrogen-bond acceptors (Lipinski definition) is 8. The largest absolute Gasteiger partial charge is 0.464 e. The van der Waals surface area contributed by atoms with Crippen LogP contribution in [0.5, 0.6) is 0 Å². The van der Waals surface area contributed by atoms with Crippen LogP contribution >= 0.6 is 22.7 Å². The third kappa shape index (κ3) is 3.27. The van der Waals surface area contributed by atoms with Gasteiger partial charge in [0.2, 0.25) is 0 Å². The van der Waals surface area contributed by atoms with Crippen molar-refractivity contribution in [1.82, 2.24) is 9.97 Å². The SMILES string of the molecule is COC(=O)c1nc(NC(C)(C)c2nccs2)sc1C(C)=O. The molecule has 0 bridgehead atoms. The van der Waals surface area contributed by atoms with Gasteiger partial charge in [-0.05, 0) is 13.8 Å². The first-order valence-corrected chi connectivity index (χ1v) is 7.83. The second-order valence-electron chi connectivity index (χ2n) is 4.83. The molecule has 0 unspecified atom stereocenters. The highest BCUT2D eigenvalue weighted by molar-refractivity contribution is 7.17. The summed E-state index contributed by atoms with van der Waals surface area (Å²) in [5.74, 6) is -0.829. The minimum Gasteiger partial charge on any atom is -0.464 e. The number of nitrogens with one attached hydrogen (secondary N) is 1. The Kier molecular flexibility index (Phi) is 4.38. The zero-order valence-corrected chi connectivity index (χ0v) is 13.7. The Morgan fingerprint density at radius 3 is 2.62 bits per heavy atom. The van der Waals surface area contributed by atoms with E-state index in [1.165, 1.54) is 25.4 Å². The average Bonchev–Trinajstić information content (AvgIpc) is 3.06. The summed E-state index contributed by atoms with van der Waals surface area (Å²) in [5.41, 5.74) is -0.402. The summed E-state index contributed by atoms with van der Waals surface area (Å²) in [7, 11) is 1.26. The average molecular weight is 325 g/mol. The lowest BCUT2D eigenvalue weighted by molar-refractivity contribution is 0.0591. The molecule has 2 aromatic heterocycles. The van der Waals surface area contributed by atoms with E-state index in [0.717, 1.165) is 16.3 Å². The smallest absolute Gasteiger partial charge is 0.358 e. The minimum absolute atomic E-state index is 0.0486. The van der Waals surface area contributed by atoms with Gasteiger partial charge in [-0.2, -0.15) is 0 Å². The Labute approximate surface area is 130 Å². The normalized spacial score (nSPS) is 11.2. The molecule has 0 saturated carbocycles. The highest BCUT2D eigenvalue weighted by Crippen LogP contribution is 2.31. The molecule has 2 aromatic rings. The quantitative estimate of drug-likeness (QED) is 0.672. The maximum atomic E-state index is 11.7. The van der Waals surface area contributed by atoms with Crippen LogP contribution in [0, 0.1) is 0 Å². The van der Waals surface area contributed by atoms with E-state index in [4.69, 9.17) is 0 Å². The number of hydrogen-bond donors (Lipinski definition) is 1. The number of Topliss-reactive ketones (excluding diaryl/α,β-unsaturated/α-hetero) is 1. The number of anilines is 1. The van der Waals surface area contributed by atoms with Gasteiger partial charge in [-0.25, -0.2) is 14.8 Å². The van der Waals surface area contributed by atoms with E-state index < -0.39 is 11.5 Å². The number of rotatable bonds is 5. The van der Waals surface area contributed by atoms with Gasteiger partial charge < -0.3 is 10.1 Å². The second kappa shape index (κ2) is 5.90. The highest BCUT2D eigenvalue weighted by atomic mass is 32.1. The summed E-state index contributed by atoms with van der Waals surface area (Å²) in [4.78, 5) is 32.0. The Balaban J connectivity index is 2.33. The van der Waals surface area contributed by atoms with E-state index in [9.17, 15) is 9.59 Å². The number of esters is 1. The molecule has 2 rings (SSSR count). The summed E-state index contributed by atoms with van der Waals surface area (Å²) in [6.07, 6.45) is 1.73. The minimum atomic E-state index is -0.614. The van der Waals surface area contributed by atoms with E-state index in [2.05, 4.69) is 20.0 Å². The van der Waals surface area contributed by atoms with Gasteiger partial charge in [0.1, 0.15) is 9.88 Å². The molecule has 2 heterocycles. The van der Waals surface area contributed by atoms with Crippen molar-refractivity contribution in [3.8, 4) is 0 Å². The first-order chi connectivity index (χ1) is 9.85. The van der Waals surface area contributed by atoms with Crippen LogP contribution in [0.2, 0.25) is 0 Å². The summed E-state index contributed by atoms with van der Waals surface area (Å²) in [5, 5.41) is 6.48. The molecule has 0 aromatic carbocycles. The van der Waals surface area contributed by atoms with Crippen LogP contribution in [0.1, 0.15) is 45.9 Å². The maximum Gasteiger partial charge on any atom is 0.358 e. The fraction of sp³-hybridized carbons (Fsp3) is 0.385. The van der Waals surface area contributed by atoms with Crippen LogP contribution in [0.15, 0.2) is 11.6 Å². The monoisotopic (exact) mass is 325 g/mol. The lowest BCUT2D eigenvalue weighted by atomic mass is 10.1. The number of carbonyl (C=O) groups excluding carboxylic acids is 2. The third-order valence-electron chi connectivity index (χ3n) is 2.71. The van der Waals surface area contributed by atoms with Gasteiger partial charge >= 0.3 is 5.97 Å². The number of ketones is 1. The van der Waals surface area contributed by atoms with Gasteiger partial charge in [-0.3, -0.25) is 4.79 Å². The van der Waals surface area contributed by atoms with Crippen LogP contribution in [0.4, 0.5) is 5.13 Å². The van der Waals surface area contributed by atoms with Gasteiger partial charge in [-0.15, -0.1) is 11.3 Å². The Morgan fingerprint density at radius 2 is 2.10 bits per heavy atom. The van der Waals surface area contributed by atoms with Crippen molar-refractivity contribution in [1.29, 1.82) is 0 Å². The Hall–Kier alpha value is -1.80. The molecular formula is C13H15N3O3S2. The van der Waals surface area contributed by atoms with Crippen molar-refractivity contribution in [2.45, 2.75) is 26.3 Å². The number of carbonyl (C=O) groups is 2. The molecule has 0 saturated heterocycles. The molecule has 8 heteroatoms. The predicted molar refractivity (Wildman–Crippen MR) is 82.2 cm³/mol. The molecule has 0 amide bonds. The summed E-state index contributed by atoms with van der Waals surface area (Å²) >= 11 is 2.66. The van der Waals surface area contributed by atoms with Crippen LogP contribution in [0.3, 0.4) is 0 Å². The lowest BCUT2D eigenvalue weighted by Gasteiger charge is -2.23. The number of nitrogens with zero attached hydrogens (tertiary/aromatic N) is 2. The Bertz CT molecular complexity index is 662. The molecule has 0 aliphatic carbocycles. The molecule has 0 aliphatic heterocycles. The van der Waals surface area contributed by atoms with Crippen LogP contribution in [-0.4, -0.2) is 28.8 Å². The number of methoxy groups -OCH3 is 1. The van der Waals surface area contributed by atoms with Crippen LogP contribution in [0.25, 0.3) is 0 Å². The van der Waals surface area contributed by atoms with E-state index in [1.807, 2.05) is 19.2 Å². The van der Waals surface area contributed by atoms with Gasteiger partial charge in [0.25, 0.3) is 0 Å². The van der Waals surface area contributed by atoms with Crippen molar-refractivity contribution in [2.75, 3.05) is 12.4 Å². The highest BCUT2D eigenvalue weighted by Gasteiger charge is 2.27. The fourth-order valence-corrected chi connectivity index (χ4v) is 3.42. The van der Waals surface area contributed by atoms with Gasteiger partial charge in [0, 0.05) is 18.5 Å². The molecular weight excluding hydrogens is 310 g/mol. The zero-order chi connectivity index (χ0) is 15.6. The topological polar surface area (TPSA) is 81.2 Å². The standard InChI is InChI=1S/C13H15N3O3S2/c1-7(17)9-8(10(18)19-4)15-12(21-9)16-13(2,3)11-14-5-6-20-11/h5-6H,1-4H3,(H,15,16). The molecule has 21 heavy (non-hydrogen) atoms. The molecule has 0 spiro atoms.